The van der Waals surface area contributed by atoms with Crippen molar-refractivity contribution < 1.29 is 14.7 Å². The highest BCUT2D eigenvalue weighted by atomic mass is 16.3. The number of Topliss-reactive ketones (excluding diaryl/α,β-unsaturated/α-hetero) is 2. The van der Waals surface area contributed by atoms with Crippen molar-refractivity contribution in [2.45, 2.75) is 40.2 Å². The van der Waals surface area contributed by atoms with Gasteiger partial charge in [0.15, 0.2) is 11.4 Å². The molecule has 0 heterocycles. The van der Waals surface area contributed by atoms with Crippen LogP contribution in [0.1, 0.15) is 40.9 Å². The molecule has 1 atom stereocenters. The lowest BCUT2D eigenvalue weighted by molar-refractivity contribution is -0.129. The molecule has 0 saturated heterocycles. The molecule has 0 fully saturated rings. The molecular formula is C14H18O3. The van der Waals surface area contributed by atoms with Crippen LogP contribution in [0.4, 0.5) is 0 Å². The summed E-state index contributed by atoms with van der Waals surface area (Å²) in [6, 6.07) is 3.74. The molecule has 0 aliphatic carbocycles. The first kappa shape index (κ1) is 13.6. The minimum atomic E-state index is -1.94. The third kappa shape index (κ3) is 2.44. The van der Waals surface area contributed by atoms with Gasteiger partial charge < -0.3 is 5.11 Å². The van der Waals surface area contributed by atoms with Crippen molar-refractivity contribution in [3.05, 3.63) is 34.4 Å². The van der Waals surface area contributed by atoms with Crippen LogP contribution in [0.15, 0.2) is 12.1 Å². The normalized spacial score (nSPS) is 14.2. The molecule has 0 bridgehead atoms. The summed E-state index contributed by atoms with van der Waals surface area (Å²) < 4.78 is 0. The molecule has 3 nitrogen and oxygen atoms in total. The molecule has 1 unspecified atom stereocenters. The maximum atomic E-state index is 12.2. The van der Waals surface area contributed by atoms with Gasteiger partial charge in [-0.3, -0.25) is 9.59 Å². The van der Waals surface area contributed by atoms with Crippen LogP contribution >= 0.6 is 0 Å². The van der Waals surface area contributed by atoms with Gasteiger partial charge in [-0.1, -0.05) is 17.7 Å². The molecule has 0 saturated carbocycles. The number of rotatable bonds is 3. The summed E-state index contributed by atoms with van der Waals surface area (Å²) in [5.41, 5.74) is 1.13. The van der Waals surface area contributed by atoms with E-state index in [0.717, 1.165) is 16.7 Å². The van der Waals surface area contributed by atoms with Gasteiger partial charge in [-0.15, -0.1) is 0 Å². The van der Waals surface area contributed by atoms with E-state index < -0.39 is 17.2 Å². The Bertz CT molecular complexity index is 461. The molecule has 0 aromatic heterocycles. The maximum Gasteiger partial charge on any atom is 0.202 e. The Morgan fingerprint density at radius 2 is 1.53 bits per heavy atom. The van der Waals surface area contributed by atoms with Crippen LogP contribution < -0.4 is 0 Å². The topological polar surface area (TPSA) is 54.4 Å². The number of ketones is 2. The van der Waals surface area contributed by atoms with E-state index in [9.17, 15) is 14.7 Å². The van der Waals surface area contributed by atoms with E-state index in [4.69, 9.17) is 0 Å². The van der Waals surface area contributed by atoms with Crippen molar-refractivity contribution in [3.8, 4) is 0 Å². The van der Waals surface area contributed by atoms with Crippen LogP contribution in [0.3, 0.4) is 0 Å². The lowest BCUT2D eigenvalue weighted by atomic mass is 9.86. The summed E-state index contributed by atoms with van der Waals surface area (Å²) >= 11 is 0. The second-order valence-electron chi connectivity index (χ2n) is 4.73. The van der Waals surface area contributed by atoms with Crippen molar-refractivity contribution in [1.29, 1.82) is 0 Å². The van der Waals surface area contributed by atoms with Crippen LogP contribution in [-0.2, 0) is 4.79 Å². The Labute approximate surface area is 101 Å². The average molecular weight is 234 g/mol. The zero-order chi connectivity index (χ0) is 13.4. The molecule has 1 aromatic rings. The SMILES string of the molecule is CC(=O)C(C)(O)C(=O)c1c(C)cc(C)cc1C. The second kappa shape index (κ2) is 4.41. The van der Waals surface area contributed by atoms with Crippen molar-refractivity contribution in [2.75, 3.05) is 0 Å². The van der Waals surface area contributed by atoms with Crippen molar-refractivity contribution in [3.63, 3.8) is 0 Å². The standard InChI is InChI=1S/C14H18O3/c1-8-6-9(2)12(10(3)7-8)13(16)14(5,17)11(4)15/h6-7,17H,1-5H3. The van der Waals surface area contributed by atoms with Gasteiger partial charge in [-0.2, -0.15) is 0 Å². The lowest BCUT2D eigenvalue weighted by Crippen LogP contribution is -2.42. The number of carbonyl (C=O) groups is 2. The van der Waals surface area contributed by atoms with E-state index in [1.807, 2.05) is 32.9 Å². The largest absolute Gasteiger partial charge is 0.374 e. The maximum absolute atomic E-state index is 12.2. The van der Waals surface area contributed by atoms with Crippen LogP contribution in [0, 0.1) is 20.8 Å². The Morgan fingerprint density at radius 3 is 1.88 bits per heavy atom. The molecule has 1 N–H and O–H groups in total. The van der Waals surface area contributed by atoms with Gasteiger partial charge in [0.2, 0.25) is 5.78 Å². The van der Waals surface area contributed by atoms with E-state index in [2.05, 4.69) is 0 Å². The van der Waals surface area contributed by atoms with Crippen LogP contribution in [0.25, 0.3) is 0 Å². The molecule has 1 aromatic carbocycles. The summed E-state index contributed by atoms with van der Waals surface area (Å²) in [7, 11) is 0. The third-order valence-electron chi connectivity index (χ3n) is 3.03. The first-order valence-electron chi connectivity index (χ1n) is 5.54. The fraction of sp³-hybridized carbons (Fsp3) is 0.429. The quantitative estimate of drug-likeness (QED) is 0.644. The monoisotopic (exact) mass is 234 g/mol. The zero-order valence-corrected chi connectivity index (χ0v) is 10.9. The molecule has 0 radical (unpaired) electrons. The first-order valence-corrected chi connectivity index (χ1v) is 5.54. The number of hydrogen-bond donors (Lipinski definition) is 1. The Morgan fingerprint density at radius 1 is 1.12 bits per heavy atom. The smallest absolute Gasteiger partial charge is 0.202 e. The van der Waals surface area contributed by atoms with Crippen LogP contribution in [-0.4, -0.2) is 22.3 Å². The van der Waals surface area contributed by atoms with Crippen molar-refractivity contribution in [1.82, 2.24) is 0 Å². The summed E-state index contributed by atoms with van der Waals surface area (Å²) in [4.78, 5) is 23.5. The third-order valence-corrected chi connectivity index (χ3v) is 3.03. The predicted octanol–water partition coefficient (Wildman–Crippen LogP) is 2.13. The van der Waals surface area contributed by atoms with Crippen LogP contribution in [0.2, 0.25) is 0 Å². The molecule has 1 rings (SSSR count). The van der Waals surface area contributed by atoms with Crippen molar-refractivity contribution >= 4 is 11.6 Å². The fourth-order valence-electron chi connectivity index (χ4n) is 1.94. The summed E-state index contributed by atoms with van der Waals surface area (Å²) in [5, 5.41) is 9.93. The van der Waals surface area contributed by atoms with E-state index in [1.54, 1.807) is 0 Å². The number of hydrogen-bond acceptors (Lipinski definition) is 3. The van der Waals surface area contributed by atoms with E-state index in [-0.39, 0.29) is 0 Å². The minimum Gasteiger partial charge on any atom is -0.374 e. The van der Waals surface area contributed by atoms with Gasteiger partial charge in [-0.05, 0) is 45.7 Å². The number of benzene rings is 1. The molecule has 0 amide bonds. The summed E-state index contributed by atoms with van der Waals surface area (Å²) in [5.74, 6) is -1.07. The highest BCUT2D eigenvalue weighted by molar-refractivity contribution is 6.17. The molecule has 0 aliphatic rings. The highest BCUT2D eigenvalue weighted by Crippen LogP contribution is 2.22. The molecule has 0 spiro atoms. The summed E-state index contributed by atoms with van der Waals surface area (Å²) in [6.07, 6.45) is 0. The second-order valence-corrected chi connectivity index (χ2v) is 4.73. The summed E-state index contributed by atoms with van der Waals surface area (Å²) in [6.45, 7) is 8.03. The number of aryl methyl sites for hydroxylation is 3. The Hall–Kier alpha value is -1.48. The van der Waals surface area contributed by atoms with Gasteiger partial charge >= 0.3 is 0 Å². The molecule has 0 aliphatic heterocycles. The predicted molar refractivity (Wildman–Crippen MR) is 66.3 cm³/mol. The number of aliphatic hydroxyl groups is 1. The van der Waals surface area contributed by atoms with Crippen LogP contribution in [0.5, 0.6) is 0 Å². The molecule has 92 valence electrons. The first-order chi connectivity index (χ1) is 7.67. The Kier molecular flexibility index (Phi) is 3.53. The number of carbonyl (C=O) groups excluding carboxylic acids is 2. The minimum absolute atomic E-state index is 0.441. The lowest BCUT2D eigenvalue weighted by Gasteiger charge is -2.21. The highest BCUT2D eigenvalue weighted by Gasteiger charge is 2.37. The Balaban J connectivity index is 3.36. The fourth-order valence-corrected chi connectivity index (χ4v) is 1.94. The van der Waals surface area contributed by atoms with Crippen molar-refractivity contribution in [2.24, 2.45) is 0 Å². The zero-order valence-electron chi connectivity index (χ0n) is 10.9. The van der Waals surface area contributed by atoms with Gasteiger partial charge in [-0.25, -0.2) is 0 Å². The average Bonchev–Trinajstić information content (AvgIpc) is 2.15. The molecular weight excluding hydrogens is 216 g/mol. The van der Waals surface area contributed by atoms with E-state index in [0.29, 0.717) is 5.56 Å². The van der Waals surface area contributed by atoms with Gasteiger partial charge in [0, 0.05) is 5.56 Å². The molecule has 3 heteroatoms. The van der Waals surface area contributed by atoms with E-state index in [1.165, 1.54) is 13.8 Å². The molecule has 17 heavy (non-hydrogen) atoms. The van der Waals surface area contributed by atoms with E-state index >= 15 is 0 Å². The van der Waals surface area contributed by atoms with Gasteiger partial charge in [0.05, 0.1) is 0 Å². The van der Waals surface area contributed by atoms with Gasteiger partial charge in [0.25, 0.3) is 0 Å². The van der Waals surface area contributed by atoms with Gasteiger partial charge in [0.1, 0.15) is 0 Å².